The summed E-state index contributed by atoms with van der Waals surface area (Å²) in [4.78, 5) is 40.8. The SMILES string of the molecule is CCN(CC)C(=O)CN1C(=O)COc2ccc(NC(=O)C(C)Oc3ccc(Cl)cc3Cl)cc21. The number of fused-ring (bicyclic) bond motifs is 1. The first-order valence-electron chi connectivity index (χ1n) is 10.5. The van der Waals surface area contributed by atoms with Crippen LogP contribution in [0.1, 0.15) is 20.8 Å². The van der Waals surface area contributed by atoms with E-state index in [0.29, 0.717) is 46.0 Å². The minimum atomic E-state index is -0.863. The predicted molar refractivity (Wildman–Crippen MR) is 127 cm³/mol. The molecule has 1 heterocycles. The Bertz CT molecular complexity index is 1060. The number of carbonyl (C=O) groups is 3. The Morgan fingerprint density at radius 2 is 1.91 bits per heavy atom. The quantitative estimate of drug-likeness (QED) is 0.600. The van der Waals surface area contributed by atoms with Crippen molar-refractivity contribution >= 4 is 52.3 Å². The van der Waals surface area contributed by atoms with Gasteiger partial charge in [0.15, 0.2) is 12.7 Å². The summed E-state index contributed by atoms with van der Waals surface area (Å²) in [5, 5.41) is 3.50. The number of nitrogens with zero attached hydrogens (tertiary/aromatic N) is 2. The molecule has 2 aromatic rings. The van der Waals surface area contributed by atoms with Crippen molar-refractivity contribution in [2.24, 2.45) is 0 Å². The highest BCUT2D eigenvalue weighted by Crippen LogP contribution is 2.35. The summed E-state index contributed by atoms with van der Waals surface area (Å²) in [7, 11) is 0. The summed E-state index contributed by atoms with van der Waals surface area (Å²) in [6, 6.07) is 9.62. The van der Waals surface area contributed by atoms with E-state index in [9.17, 15) is 14.4 Å². The highest BCUT2D eigenvalue weighted by Gasteiger charge is 2.29. The van der Waals surface area contributed by atoms with Crippen LogP contribution >= 0.6 is 23.2 Å². The van der Waals surface area contributed by atoms with Crippen molar-refractivity contribution in [1.29, 1.82) is 0 Å². The van der Waals surface area contributed by atoms with Gasteiger partial charge in [-0.1, -0.05) is 23.2 Å². The zero-order chi connectivity index (χ0) is 24.1. The molecule has 0 saturated heterocycles. The van der Waals surface area contributed by atoms with Crippen molar-refractivity contribution < 1.29 is 23.9 Å². The third kappa shape index (κ3) is 5.89. The topological polar surface area (TPSA) is 88.2 Å². The first-order valence-corrected chi connectivity index (χ1v) is 11.3. The van der Waals surface area contributed by atoms with Gasteiger partial charge in [-0.25, -0.2) is 0 Å². The standard InChI is InChI=1S/C23H25Cl2N3O5/c1-4-27(5-2)21(29)12-28-18-11-16(7-9-20(18)32-13-22(28)30)26-23(31)14(3)33-19-8-6-15(24)10-17(19)25/h6-11,14H,4-5,12-13H2,1-3H3,(H,26,31). The first-order chi connectivity index (χ1) is 15.7. The molecule has 0 spiro atoms. The van der Waals surface area contributed by atoms with E-state index in [1.54, 1.807) is 42.2 Å². The third-order valence-corrected chi connectivity index (χ3v) is 5.68. The molecule has 0 saturated carbocycles. The van der Waals surface area contributed by atoms with Gasteiger partial charge < -0.3 is 19.7 Å². The Hall–Kier alpha value is -2.97. The van der Waals surface area contributed by atoms with Gasteiger partial charge in [0.1, 0.15) is 18.0 Å². The maximum absolute atomic E-state index is 12.7. The molecule has 10 heteroatoms. The molecule has 8 nitrogen and oxygen atoms in total. The number of anilines is 2. The lowest BCUT2D eigenvalue weighted by Gasteiger charge is -2.31. The molecule has 1 N–H and O–H groups in total. The fourth-order valence-electron chi connectivity index (χ4n) is 3.32. The van der Waals surface area contributed by atoms with Crippen molar-refractivity contribution in [3.05, 3.63) is 46.4 Å². The number of carbonyl (C=O) groups excluding carboxylic acids is 3. The molecule has 1 atom stereocenters. The fourth-order valence-corrected chi connectivity index (χ4v) is 3.78. The Morgan fingerprint density at radius 3 is 2.58 bits per heavy atom. The van der Waals surface area contributed by atoms with Crippen LogP contribution in [0, 0.1) is 0 Å². The van der Waals surface area contributed by atoms with Gasteiger partial charge in [0.05, 0.1) is 10.7 Å². The number of likely N-dealkylation sites (N-methyl/N-ethyl adjacent to an activating group) is 1. The summed E-state index contributed by atoms with van der Waals surface area (Å²) in [6.45, 7) is 6.17. The average molecular weight is 494 g/mol. The number of halogens is 2. The van der Waals surface area contributed by atoms with Crippen LogP contribution in [0.5, 0.6) is 11.5 Å². The van der Waals surface area contributed by atoms with Gasteiger partial charge in [-0.2, -0.15) is 0 Å². The van der Waals surface area contributed by atoms with Crippen LogP contribution in [0.3, 0.4) is 0 Å². The molecule has 1 aliphatic rings. The van der Waals surface area contributed by atoms with E-state index in [1.165, 1.54) is 11.0 Å². The predicted octanol–water partition coefficient (Wildman–Crippen LogP) is 3.99. The van der Waals surface area contributed by atoms with Gasteiger partial charge in [-0.3, -0.25) is 19.3 Å². The van der Waals surface area contributed by atoms with Crippen LogP contribution < -0.4 is 19.7 Å². The molecule has 2 aromatic carbocycles. The van der Waals surface area contributed by atoms with Gasteiger partial charge in [-0.05, 0) is 57.2 Å². The first kappa shape index (κ1) is 24.7. The zero-order valence-electron chi connectivity index (χ0n) is 18.6. The zero-order valence-corrected chi connectivity index (χ0v) is 20.1. The molecular weight excluding hydrogens is 469 g/mol. The summed E-state index contributed by atoms with van der Waals surface area (Å²) in [5.41, 5.74) is 0.842. The molecular formula is C23H25Cl2N3O5. The van der Waals surface area contributed by atoms with E-state index >= 15 is 0 Å². The number of nitrogens with one attached hydrogen (secondary N) is 1. The van der Waals surface area contributed by atoms with Crippen LogP contribution in [-0.2, 0) is 14.4 Å². The fraction of sp³-hybridized carbons (Fsp3) is 0.348. The van der Waals surface area contributed by atoms with E-state index in [0.717, 1.165) is 0 Å². The Labute approximate surface area is 202 Å². The molecule has 0 radical (unpaired) electrons. The van der Waals surface area contributed by atoms with E-state index < -0.39 is 12.0 Å². The highest BCUT2D eigenvalue weighted by molar-refractivity contribution is 6.35. The molecule has 3 rings (SSSR count). The average Bonchev–Trinajstić information content (AvgIpc) is 2.78. The van der Waals surface area contributed by atoms with E-state index in [4.69, 9.17) is 32.7 Å². The van der Waals surface area contributed by atoms with Gasteiger partial charge in [0.25, 0.3) is 11.8 Å². The Morgan fingerprint density at radius 1 is 1.18 bits per heavy atom. The van der Waals surface area contributed by atoms with Crippen molar-refractivity contribution in [2.75, 3.05) is 36.5 Å². The summed E-state index contributed by atoms with van der Waals surface area (Å²) < 4.78 is 11.1. The van der Waals surface area contributed by atoms with Crippen molar-refractivity contribution in [2.45, 2.75) is 26.9 Å². The summed E-state index contributed by atoms with van der Waals surface area (Å²) in [6.07, 6.45) is -0.863. The molecule has 0 bridgehead atoms. The molecule has 0 aliphatic carbocycles. The van der Waals surface area contributed by atoms with E-state index in [2.05, 4.69) is 5.32 Å². The van der Waals surface area contributed by atoms with Gasteiger partial charge in [-0.15, -0.1) is 0 Å². The van der Waals surface area contributed by atoms with Crippen LogP contribution in [0.25, 0.3) is 0 Å². The van der Waals surface area contributed by atoms with Crippen molar-refractivity contribution in [1.82, 2.24) is 4.90 Å². The molecule has 0 aromatic heterocycles. The molecule has 33 heavy (non-hydrogen) atoms. The van der Waals surface area contributed by atoms with Crippen LogP contribution in [0.4, 0.5) is 11.4 Å². The van der Waals surface area contributed by atoms with Crippen LogP contribution in [-0.4, -0.2) is 55.0 Å². The van der Waals surface area contributed by atoms with Crippen molar-refractivity contribution in [3.8, 4) is 11.5 Å². The van der Waals surface area contributed by atoms with Crippen LogP contribution in [0.2, 0.25) is 10.0 Å². The maximum atomic E-state index is 12.7. The number of hydrogen-bond donors (Lipinski definition) is 1. The lowest BCUT2D eigenvalue weighted by atomic mass is 10.2. The lowest BCUT2D eigenvalue weighted by Crippen LogP contribution is -2.46. The van der Waals surface area contributed by atoms with Crippen LogP contribution in [0.15, 0.2) is 36.4 Å². The number of amides is 3. The molecule has 1 unspecified atom stereocenters. The number of benzene rings is 2. The smallest absolute Gasteiger partial charge is 0.265 e. The summed E-state index contributed by atoms with van der Waals surface area (Å²) in [5.74, 6) is -0.140. The minimum Gasteiger partial charge on any atom is -0.482 e. The molecule has 1 aliphatic heterocycles. The second-order valence-corrected chi connectivity index (χ2v) is 8.18. The second-order valence-electron chi connectivity index (χ2n) is 7.34. The summed E-state index contributed by atoms with van der Waals surface area (Å²) >= 11 is 12.0. The van der Waals surface area contributed by atoms with E-state index in [1.807, 2.05) is 13.8 Å². The maximum Gasteiger partial charge on any atom is 0.265 e. The van der Waals surface area contributed by atoms with Gasteiger partial charge >= 0.3 is 0 Å². The molecule has 176 valence electrons. The Kier molecular flexibility index (Phi) is 8.05. The number of rotatable bonds is 8. The normalized spacial score (nSPS) is 13.6. The monoisotopic (exact) mass is 493 g/mol. The largest absolute Gasteiger partial charge is 0.482 e. The minimum absolute atomic E-state index is 0.108. The third-order valence-electron chi connectivity index (χ3n) is 5.15. The molecule has 3 amide bonds. The highest BCUT2D eigenvalue weighted by atomic mass is 35.5. The number of ether oxygens (including phenoxy) is 2. The second kappa shape index (κ2) is 10.8. The van der Waals surface area contributed by atoms with Crippen molar-refractivity contribution in [3.63, 3.8) is 0 Å². The lowest BCUT2D eigenvalue weighted by molar-refractivity contribution is -0.131. The molecule has 0 fully saturated rings. The van der Waals surface area contributed by atoms with Gasteiger partial charge in [0, 0.05) is 23.8 Å². The Balaban J connectivity index is 1.75. The number of hydrogen-bond acceptors (Lipinski definition) is 5. The van der Waals surface area contributed by atoms with E-state index in [-0.39, 0.29) is 25.0 Å². The van der Waals surface area contributed by atoms with Gasteiger partial charge in [0.2, 0.25) is 5.91 Å².